The van der Waals surface area contributed by atoms with Crippen molar-refractivity contribution in [1.29, 1.82) is 0 Å². The zero-order valence-electron chi connectivity index (χ0n) is 42.0. The Labute approximate surface area is 425 Å². The molecule has 0 spiro atoms. The number of benzene rings is 2. The molecule has 0 bridgehead atoms. The van der Waals surface area contributed by atoms with Gasteiger partial charge in [-0.2, -0.15) is 0 Å². The zero-order chi connectivity index (χ0) is 52.0. The number of aliphatic carboxylic acids is 1. The van der Waals surface area contributed by atoms with Gasteiger partial charge in [0, 0.05) is 31.7 Å². The fourth-order valence-electron chi connectivity index (χ4n) is 7.54. The normalized spacial score (nSPS) is 21.6. The van der Waals surface area contributed by atoms with E-state index in [1.54, 1.807) is 42.8 Å². The van der Waals surface area contributed by atoms with E-state index in [-0.39, 0.29) is 69.6 Å². The number of hydrogen-bond donors (Lipinski definition) is 3. The predicted molar refractivity (Wildman–Crippen MR) is 261 cm³/mol. The number of carboxylic acids is 1. The number of carboxylic acid groups (broad SMARTS) is 1. The van der Waals surface area contributed by atoms with Crippen LogP contribution in [-0.4, -0.2) is 147 Å². The number of carbonyl (C=O) groups is 5. The number of carbonyl (C=O) groups excluding carboxylic acids is 4. The Morgan fingerprint density at radius 3 is 2.15 bits per heavy atom. The number of epoxide rings is 1. The molecule has 3 heterocycles. The number of halogens is 1. The molecule has 2 aliphatic rings. The van der Waals surface area contributed by atoms with Gasteiger partial charge < -0.3 is 58.4 Å². The molecule has 6 atom stereocenters. The maximum Gasteiger partial charge on any atom is 0.347 e. The number of methoxy groups -OCH3 is 1. The SMILES string of the molecule is COc1ccc(C[C@H]2NC(=O)/C=C/C[C@@H]([C@H](C)[C@H]3O[C@@H]3c3ccc(Cc4cn(COCCOCCOCCOCCOCCC(=O)O)nn4)cc3)OC(=O)[C@H](CC(C)C)OC(=O)C(C)(C)CNC2=O)cc1Cl. The summed E-state index contributed by atoms with van der Waals surface area (Å²) in [6.07, 6.45) is 3.13. The number of nitrogens with one attached hydrogen (secondary N) is 2. The van der Waals surface area contributed by atoms with Crippen molar-refractivity contribution in [2.24, 2.45) is 17.3 Å². The fraction of sp³-hybridized carbons (Fsp3) is 0.588. The largest absolute Gasteiger partial charge is 0.495 e. The van der Waals surface area contributed by atoms with E-state index in [2.05, 4.69) is 20.9 Å². The minimum Gasteiger partial charge on any atom is -0.495 e. The third-order valence-corrected chi connectivity index (χ3v) is 12.0. The van der Waals surface area contributed by atoms with Crippen molar-refractivity contribution in [2.75, 3.05) is 73.1 Å². The third-order valence-electron chi connectivity index (χ3n) is 11.7. The highest BCUT2D eigenvalue weighted by atomic mass is 35.5. The molecular weight excluding hydrogens is 958 g/mol. The fourth-order valence-corrected chi connectivity index (χ4v) is 7.82. The molecule has 1 saturated heterocycles. The van der Waals surface area contributed by atoms with Crippen LogP contribution in [0, 0.1) is 17.3 Å². The van der Waals surface area contributed by atoms with Crippen LogP contribution < -0.4 is 15.4 Å². The zero-order valence-corrected chi connectivity index (χ0v) is 42.8. The number of nitrogens with zero attached hydrogens (tertiary/aromatic N) is 3. The molecule has 5 rings (SSSR count). The Hall–Kier alpha value is -5.48. The minimum atomic E-state index is -1.25. The van der Waals surface area contributed by atoms with Gasteiger partial charge in [0.1, 0.15) is 30.7 Å². The number of esters is 2. The van der Waals surface area contributed by atoms with E-state index in [0.717, 1.165) is 16.8 Å². The first-order valence-electron chi connectivity index (χ1n) is 24.3. The number of rotatable bonds is 27. The molecule has 2 aromatic carbocycles. The molecule has 3 N–H and O–H groups in total. The van der Waals surface area contributed by atoms with E-state index in [1.165, 1.54) is 13.2 Å². The second kappa shape index (κ2) is 29.3. The lowest BCUT2D eigenvalue weighted by Crippen LogP contribution is -2.51. The van der Waals surface area contributed by atoms with Crippen molar-refractivity contribution in [2.45, 2.75) is 104 Å². The van der Waals surface area contributed by atoms with E-state index in [9.17, 15) is 24.0 Å². The molecule has 3 aromatic rings. The summed E-state index contributed by atoms with van der Waals surface area (Å²) in [5.74, 6) is -3.25. The van der Waals surface area contributed by atoms with Crippen LogP contribution in [-0.2, 0) is 81.4 Å². The van der Waals surface area contributed by atoms with Gasteiger partial charge in [-0.1, -0.05) is 74.0 Å². The first-order valence-corrected chi connectivity index (χ1v) is 24.6. The summed E-state index contributed by atoms with van der Waals surface area (Å²) in [7, 11) is 1.50. The number of hydrogen-bond acceptors (Lipinski definition) is 16. The van der Waals surface area contributed by atoms with Crippen molar-refractivity contribution in [3.63, 3.8) is 0 Å². The summed E-state index contributed by atoms with van der Waals surface area (Å²) in [5.41, 5.74) is 2.14. The van der Waals surface area contributed by atoms with Gasteiger partial charge in [0.2, 0.25) is 11.8 Å². The average Bonchev–Trinajstić information content (AvgIpc) is 4.02. The highest BCUT2D eigenvalue weighted by Gasteiger charge is 2.48. The van der Waals surface area contributed by atoms with Gasteiger partial charge in [-0.25, -0.2) is 9.48 Å². The maximum atomic E-state index is 13.9. The van der Waals surface area contributed by atoms with Crippen LogP contribution in [0.5, 0.6) is 5.75 Å². The molecule has 2 amide bonds. The molecule has 0 unspecified atom stereocenters. The quantitative estimate of drug-likeness (QED) is 0.0526. The highest BCUT2D eigenvalue weighted by molar-refractivity contribution is 6.32. The first kappa shape index (κ1) is 57.4. The van der Waals surface area contributed by atoms with E-state index in [1.807, 2.05) is 51.2 Å². The Bertz CT molecular complexity index is 2240. The van der Waals surface area contributed by atoms with Crippen LogP contribution in [0.2, 0.25) is 5.02 Å². The van der Waals surface area contributed by atoms with Gasteiger partial charge in [0.15, 0.2) is 6.10 Å². The Morgan fingerprint density at radius 1 is 0.889 bits per heavy atom. The summed E-state index contributed by atoms with van der Waals surface area (Å²) >= 11 is 6.38. The molecule has 21 heteroatoms. The van der Waals surface area contributed by atoms with E-state index < -0.39 is 53.4 Å². The molecular formula is C51H70ClN5O15. The smallest absolute Gasteiger partial charge is 0.347 e. The van der Waals surface area contributed by atoms with E-state index in [0.29, 0.717) is 75.6 Å². The van der Waals surface area contributed by atoms with Crippen LogP contribution in [0.4, 0.5) is 0 Å². The Morgan fingerprint density at radius 2 is 1.53 bits per heavy atom. The van der Waals surface area contributed by atoms with Crippen LogP contribution in [0.1, 0.15) is 82.4 Å². The molecule has 1 aromatic heterocycles. The standard InChI is InChI=1S/C51H70ClN5O15/c1-33(2)26-43-49(62)70-41(8-7-9-44(58)54-40(29-36-12-15-42(64-6)39(52)28-36)48(61)53-31-51(4,5)50(63)71-43)34(3)46-47(72-46)37-13-10-35(11-14-37)27-38-30-57(56-55-38)32-69-25-24-68-23-22-67-21-20-66-19-18-65-17-16-45(59)60/h7,9-15,28,30,33-34,40-41,43,46-47H,8,16-27,29,31-32H2,1-6H3,(H,53,61)(H,54,58)(H,59,60)/b9-7+/t34-,40+,41-,43-,46+,47+/m0/s1. The second-order valence-corrected chi connectivity index (χ2v) is 19.1. The van der Waals surface area contributed by atoms with Gasteiger partial charge in [-0.05, 0) is 61.1 Å². The van der Waals surface area contributed by atoms with Crippen molar-refractivity contribution >= 4 is 41.3 Å². The summed E-state index contributed by atoms with van der Waals surface area (Å²) in [6, 6.07) is 12.1. The predicted octanol–water partition coefficient (Wildman–Crippen LogP) is 4.82. The number of cyclic esters (lactones) is 2. The summed E-state index contributed by atoms with van der Waals surface area (Å²) < 4.78 is 52.3. The summed E-state index contributed by atoms with van der Waals surface area (Å²) in [6.45, 7) is 12.3. The molecule has 0 radical (unpaired) electrons. The molecule has 396 valence electrons. The topological polar surface area (TPSA) is 247 Å². The maximum absolute atomic E-state index is 13.9. The van der Waals surface area contributed by atoms with Crippen LogP contribution in [0.3, 0.4) is 0 Å². The van der Waals surface area contributed by atoms with E-state index >= 15 is 0 Å². The third kappa shape index (κ3) is 19.5. The molecule has 72 heavy (non-hydrogen) atoms. The highest BCUT2D eigenvalue weighted by Crippen LogP contribution is 2.45. The van der Waals surface area contributed by atoms with Crippen LogP contribution >= 0.6 is 11.6 Å². The van der Waals surface area contributed by atoms with Crippen molar-refractivity contribution in [1.82, 2.24) is 25.6 Å². The Kier molecular flexibility index (Phi) is 23.3. The molecule has 1 fully saturated rings. The van der Waals surface area contributed by atoms with E-state index in [4.69, 9.17) is 59.3 Å². The van der Waals surface area contributed by atoms with Gasteiger partial charge in [-0.15, -0.1) is 5.10 Å². The van der Waals surface area contributed by atoms with Crippen molar-refractivity contribution in [3.8, 4) is 5.75 Å². The lowest BCUT2D eigenvalue weighted by Gasteiger charge is -2.29. The average molecular weight is 1030 g/mol. The number of aromatic nitrogens is 3. The van der Waals surface area contributed by atoms with Crippen molar-refractivity contribution < 1.29 is 71.7 Å². The summed E-state index contributed by atoms with van der Waals surface area (Å²) in [5, 5.41) is 23.0. The van der Waals surface area contributed by atoms with Crippen LogP contribution in [0.25, 0.3) is 0 Å². The summed E-state index contributed by atoms with van der Waals surface area (Å²) in [4.78, 5) is 65.0. The first-order chi connectivity index (χ1) is 34.5. The Balaban J connectivity index is 1.11. The molecule has 2 aliphatic heterocycles. The molecule has 0 aliphatic carbocycles. The number of amides is 2. The van der Waals surface area contributed by atoms with Gasteiger partial charge in [-0.3, -0.25) is 19.2 Å². The lowest BCUT2D eigenvalue weighted by atomic mass is 9.92. The molecule has 0 saturated carbocycles. The number of ether oxygens (including phenoxy) is 9. The van der Waals surface area contributed by atoms with Gasteiger partial charge >= 0.3 is 17.9 Å². The van der Waals surface area contributed by atoms with Gasteiger partial charge in [0.25, 0.3) is 0 Å². The minimum absolute atomic E-state index is 0.0255. The van der Waals surface area contributed by atoms with Crippen LogP contribution in [0.15, 0.2) is 60.8 Å². The monoisotopic (exact) mass is 1030 g/mol. The lowest BCUT2D eigenvalue weighted by molar-refractivity contribution is -0.179. The molecule has 20 nitrogen and oxygen atoms in total. The van der Waals surface area contributed by atoms with Crippen molar-refractivity contribution in [3.05, 3.63) is 88.2 Å². The van der Waals surface area contributed by atoms with Gasteiger partial charge in [0.05, 0.1) is 101 Å². The second-order valence-electron chi connectivity index (χ2n) is 18.7.